The molecule has 1 fully saturated rings. The van der Waals surface area contributed by atoms with Gasteiger partial charge in [0.1, 0.15) is 5.75 Å². The van der Waals surface area contributed by atoms with Crippen LogP contribution in [0.15, 0.2) is 24.3 Å². The number of ether oxygens (including phenoxy) is 2. The quantitative estimate of drug-likeness (QED) is 0.678. The fourth-order valence-electron chi connectivity index (χ4n) is 3.49. The van der Waals surface area contributed by atoms with Crippen LogP contribution in [0.25, 0.3) is 0 Å². The smallest absolute Gasteiger partial charge is 0.118 e. The van der Waals surface area contributed by atoms with Gasteiger partial charge in [-0.25, -0.2) is 0 Å². The Hall–Kier alpha value is -1.10. The largest absolute Gasteiger partial charge is 0.497 e. The van der Waals surface area contributed by atoms with Crippen molar-refractivity contribution in [1.29, 1.82) is 0 Å². The maximum absolute atomic E-state index is 10.2. The molecule has 1 aliphatic carbocycles. The van der Waals surface area contributed by atoms with Crippen molar-refractivity contribution in [1.82, 2.24) is 5.32 Å². The molecule has 0 aliphatic heterocycles. The Morgan fingerprint density at radius 1 is 1.16 bits per heavy atom. The number of rotatable bonds is 10. The molecule has 25 heavy (non-hydrogen) atoms. The fourth-order valence-corrected chi connectivity index (χ4v) is 3.49. The number of nitrogens with one attached hydrogen (secondary N) is 1. The fraction of sp³-hybridized carbons (Fsp3) is 0.714. The van der Waals surface area contributed by atoms with E-state index in [4.69, 9.17) is 9.47 Å². The van der Waals surface area contributed by atoms with Crippen LogP contribution in [0.5, 0.6) is 5.75 Å². The van der Waals surface area contributed by atoms with Crippen LogP contribution in [-0.2, 0) is 11.2 Å². The number of β-amino-alcohol motifs (C(OH)–C–C–N with tert-alkyl or cyclic N) is 1. The molecule has 0 amide bonds. The monoisotopic (exact) mass is 349 g/mol. The van der Waals surface area contributed by atoms with E-state index >= 15 is 0 Å². The van der Waals surface area contributed by atoms with Gasteiger partial charge in [-0.2, -0.15) is 0 Å². The molecule has 1 aromatic rings. The van der Waals surface area contributed by atoms with Gasteiger partial charge in [0.15, 0.2) is 0 Å². The number of methoxy groups -OCH3 is 1. The van der Waals surface area contributed by atoms with E-state index in [1.807, 2.05) is 12.1 Å². The molecule has 0 saturated heterocycles. The number of hydrogen-bond acceptors (Lipinski definition) is 4. The third-order valence-electron chi connectivity index (χ3n) is 5.01. The molecular weight excluding hydrogens is 314 g/mol. The van der Waals surface area contributed by atoms with Gasteiger partial charge in [0, 0.05) is 18.7 Å². The first-order chi connectivity index (χ1) is 12.0. The molecule has 0 aromatic heterocycles. The zero-order chi connectivity index (χ0) is 18.1. The summed E-state index contributed by atoms with van der Waals surface area (Å²) in [4.78, 5) is 0. The topological polar surface area (TPSA) is 50.7 Å². The molecule has 4 heteroatoms. The predicted molar refractivity (Wildman–Crippen MR) is 102 cm³/mol. The zero-order valence-corrected chi connectivity index (χ0v) is 16.1. The van der Waals surface area contributed by atoms with Crippen molar-refractivity contribution in [3.8, 4) is 5.75 Å². The third-order valence-corrected chi connectivity index (χ3v) is 5.01. The second kappa shape index (κ2) is 10.1. The van der Waals surface area contributed by atoms with Crippen molar-refractivity contribution in [2.24, 2.45) is 5.92 Å². The first kappa shape index (κ1) is 20.2. The summed E-state index contributed by atoms with van der Waals surface area (Å²) in [5.41, 5.74) is 1.17. The van der Waals surface area contributed by atoms with E-state index in [2.05, 4.69) is 31.3 Å². The molecule has 1 atom stereocenters. The van der Waals surface area contributed by atoms with Gasteiger partial charge in [0.05, 0.1) is 19.8 Å². The highest BCUT2D eigenvalue weighted by atomic mass is 16.5. The highest BCUT2D eigenvalue weighted by Gasteiger charge is 2.20. The molecule has 2 N–H and O–H groups in total. The summed E-state index contributed by atoms with van der Waals surface area (Å²) in [5.74, 6) is 1.57. The molecule has 1 aromatic carbocycles. The van der Waals surface area contributed by atoms with Crippen LogP contribution in [-0.4, -0.2) is 43.6 Å². The standard InChI is InChI=1S/C21H35NO3/c1-21(2,13-17-9-11-20(24-3)12-10-17)22-14-19(23)16-25-15-18-7-5-4-6-8-18/h9-12,18-19,22-23H,4-8,13-16H2,1-3H3. The molecule has 1 unspecified atom stereocenters. The van der Waals surface area contributed by atoms with Crippen LogP contribution in [0, 0.1) is 5.92 Å². The normalized spacial score (nSPS) is 17.4. The van der Waals surface area contributed by atoms with Crippen molar-refractivity contribution in [3.05, 3.63) is 29.8 Å². The molecule has 1 saturated carbocycles. The third kappa shape index (κ3) is 7.76. The van der Waals surface area contributed by atoms with E-state index in [9.17, 15) is 5.11 Å². The van der Waals surface area contributed by atoms with E-state index < -0.39 is 6.10 Å². The van der Waals surface area contributed by atoms with Crippen LogP contribution in [0.1, 0.15) is 51.5 Å². The lowest BCUT2D eigenvalue weighted by Gasteiger charge is -2.28. The van der Waals surface area contributed by atoms with Crippen LogP contribution in [0.4, 0.5) is 0 Å². The first-order valence-corrected chi connectivity index (χ1v) is 9.62. The van der Waals surface area contributed by atoms with Crippen molar-refractivity contribution in [2.45, 2.75) is 64.0 Å². The van der Waals surface area contributed by atoms with E-state index in [1.54, 1.807) is 7.11 Å². The van der Waals surface area contributed by atoms with Crippen LogP contribution >= 0.6 is 0 Å². The van der Waals surface area contributed by atoms with Gasteiger partial charge in [-0.05, 0) is 56.7 Å². The van der Waals surface area contributed by atoms with E-state index in [-0.39, 0.29) is 5.54 Å². The minimum Gasteiger partial charge on any atom is -0.497 e. The Kier molecular flexibility index (Phi) is 8.20. The van der Waals surface area contributed by atoms with Crippen LogP contribution in [0.3, 0.4) is 0 Å². The molecule has 142 valence electrons. The minimum atomic E-state index is -0.460. The second-order valence-electron chi connectivity index (χ2n) is 7.98. The summed E-state index contributed by atoms with van der Waals surface area (Å²) in [7, 11) is 1.68. The molecule has 1 aliphatic rings. The van der Waals surface area contributed by atoms with Gasteiger partial charge in [0.25, 0.3) is 0 Å². The van der Waals surface area contributed by atoms with E-state index in [0.717, 1.165) is 18.8 Å². The van der Waals surface area contributed by atoms with Crippen LogP contribution < -0.4 is 10.1 Å². The molecule has 0 radical (unpaired) electrons. The molecular formula is C21H35NO3. The van der Waals surface area contributed by atoms with Gasteiger partial charge in [0.2, 0.25) is 0 Å². The first-order valence-electron chi connectivity index (χ1n) is 9.62. The summed E-state index contributed by atoms with van der Waals surface area (Å²) in [6.07, 6.45) is 7.03. The lowest BCUT2D eigenvalue weighted by atomic mass is 9.90. The Morgan fingerprint density at radius 2 is 1.84 bits per heavy atom. The number of aliphatic hydroxyl groups is 1. The van der Waals surface area contributed by atoms with E-state index in [0.29, 0.717) is 19.1 Å². The SMILES string of the molecule is COc1ccc(CC(C)(C)NCC(O)COCC2CCCCC2)cc1. The Morgan fingerprint density at radius 3 is 2.48 bits per heavy atom. The number of benzene rings is 1. The van der Waals surface area contributed by atoms with Gasteiger partial charge in [-0.3, -0.25) is 0 Å². The Labute approximate surface area is 152 Å². The average Bonchev–Trinajstić information content (AvgIpc) is 2.61. The van der Waals surface area contributed by atoms with E-state index in [1.165, 1.54) is 37.7 Å². The summed E-state index contributed by atoms with van der Waals surface area (Å²) >= 11 is 0. The summed E-state index contributed by atoms with van der Waals surface area (Å²) in [6.45, 7) is 6.09. The summed E-state index contributed by atoms with van der Waals surface area (Å²) in [5, 5.41) is 13.6. The minimum absolute atomic E-state index is 0.0844. The number of hydrogen-bond donors (Lipinski definition) is 2. The zero-order valence-electron chi connectivity index (χ0n) is 16.1. The van der Waals surface area contributed by atoms with Gasteiger partial charge < -0.3 is 19.9 Å². The Balaban J connectivity index is 1.65. The van der Waals surface area contributed by atoms with Gasteiger partial charge in [-0.1, -0.05) is 31.4 Å². The maximum Gasteiger partial charge on any atom is 0.118 e. The Bertz CT molecular complexity index is 480. The molecule has 0 spiro atoms. The molecule has 4 nitrogen and oxygen atoms in total. The molecule has 0 bridgehead atoms. The lowest BCUT2D eigenvalue weighted by molar-refractivity contribution is 0.0134. The average molecular weight is 350 g/mol. The predicted octanol–water partition coefficient (Wildman–Crippen LogP) is 3.56. The van der Waals surface area contributed by atoms with Crippen LogP contribution in [0.2, 0.25) is 0 Å². The maximum atomic E-state index is 10.2. The summed E-state index contributed by atoms with van der Waals surface area (Å²) in [6, 6.07) is 8.15. The highest BCUT2D eigenvalue weighted by Crippen LogP contribution is 2.23. The number of aliphatic hydroxyl groups excluding tert-OH is 1. The van der Waals surface area contributed by atoms with Crippen molar-refractivity contribution < 1.29 is 14.6 Å². The van der Waals surface area contributed by atoms with Gasteiger partial charge >= 0.3 is 0 Å². The molecule has 2 rings (SSSR count). The summed E-state index contributed by atoms with van der Waals surface area (Å²) < 4.78 is 10.9. The van der Waals surface area contributed by atoms with Gasteiger partial charge in [-0.15, -0.1) is 0 Å². The molecule has 0 heterocycles. The van der Waals surface area contributed by atoms with Crippen molar-refractivity contribution in [2.75, 3.05) is 26.9 Å². The highest BCUT2D eigenvalue weighted by molar-refractivity contribution is 5.28. The lowest BCUT2D eigenvalue weighted by Crippen LogP contribution is -2.46. The second-order valence-corrected chi connectivity index (χ2v) is 7.98. The van der Waals surface area contributed by atoms with Crippen molar-refractivity contribution >= 4 is 0 Å². The van der Waals surface area contributed by atoms with Crippen molar-refractivity contribution in [3.63, 3.8) is 0 Å².